The molecule has 0 aliphatic heterocycles. The summed E-state index contributed by atoms with van der Waals surface area (Å²) in [5.41, 5.74) is 5.03. The van der Waals surface area contributed by atoms with Crippen molar-refractivity contribution in [2.24, 2.45) is 5.73 Å². The second kappa shape index (κ2) is 2.66. The van der Waals surface area contributed by atoms with Crippen LogP contribution in [0.3, 0.4) is 0 Å². The highest BCUT2D eigenvalue weighted by molar-refractivity contribution is 14.1. The molecular weight excluding hydrogens is 217 g/mol. The van der Waals surface area contributed by atoms with Crippen LogP contribution in [0.1, 0.15) is 20.3 Å². The molecule has 0 aromatic rings. The topological polar surface area (TPSA) is 43.1 Å². The van der Waals surface area contributed by atoms with Crippen molar-refractivity contribution in [3.8, 4) is 0 Å². The first-order valence-electron chi connectivity index (χ1n) is 2.49. The molecule has 0 aromatic carbocycles. The number of alkyl halides is 1. The molecule has 0 radical (unpaired) electrons. The van der Waals surface area contributed by atoms with E-state index in [4.69, 9.17) is 5.73 Å². The minimum atomic E-state index is -0.349. The van der Waals surface area contributed by atoms with Crippen molar-refractivity contribution < 1.29 is 4.79 Å². The molecule has 48 valence electrons. The number of amides is 1. The van der Waals surface area contributed by atoms with Crippen LogP contribution >= 0.6 is 22.6 Å². The van der Waals surface area contributed by atoms with Gasteiger partial charge in [0.15, 0.2) is 0 Å². The van der Waals surface area contributed by atoms with E-state index >= 15 is 0 Å². The normalized spacial score (nSPS) is 17.4. The Kier molecular flexibility index (Phi) is 2.73. The third-order valence-electron chi connectivity index (χ3n) is 1.18. The average Bonchev–Trinajstić information content (AvgIpc) is 1.67. The summed E-state index contributed by atoms with van der Waals surface area (Å²) in [6, 6.07) is 0. The fourth-order valence-corrected chi connectivity index (χ4v) is 0.174. The van der Waals surface area contributed by atoms with E-state index in [0.717, 1.165) is 6.42 Å². The lowest BCUT2D eigenvalue weighted by atomic mass is 10.1. The van der Waals surface area contributed by atoms with E-state index in [1.165, 1.54) is 0 Å². The Morgan fingerprint density at radius 2 is 2.25 bits per heavy atom. The largest absolute Gasteiger partial charge is 0.369 e. The fraction of sp³-hybridized carbons (Fsp3) is 0.800. The minimum absolute atomic E-state index is 0.236. The van der Waals surface area contributed by atoms with Crippen molar-refractivity contribution in [3.05, 3.63) is 0 Å². The number of carbonyl (C=O) groups excluding carboxylic acids is 1. The van der Waals surface area contributed by atoms with Crippen LogP contribution in [0.5, 0.6) is 0 Å². The van der Waals surface area contributed by atoms with Crippen molar-refractivity contribution in [2.75, 3.05) is 0 Å². The maximum absolute atomic E-state index is 10.5. The Bertz CT molecular complexity index is 101. The smallest absolute Gasteiger partial charge is 0.233 e. The third-order valence-corrected chi connectivity index (χ3v) is 2.47. The predicted molar refractivity (Wildman–Crippen MR) is 41.9 cm³/mol. The summed E-state index contributed by atoms with van der Waals surface area (Å²) >= 11 is 2.06. The van der Waals surface area contributed by atoms with Crippen LogP contribution < -0.4 is 5.73 Å². The molecule has 0 aliphatic rings. The van der Waals surface area contributed by atoms with Crippen molar-refractivity contribution in [1.29, 1.82) is 0 Å². The van der Waals surface area contributed by atoms with Crippen molar-refractivity contribution in [2.45, 2.75) is 23.7 Å². The number of carbonyl (C=O) groups is 1. The van der Waals surface area contributed by atoms with E-state index in [1.54, 1.807) is 0 Å². The van der Waals surface area contributed by atoms with Gasteiger partial charge in [0.2, 0.25) is 5.91 Å². The quantitative estimate of drug-likeness (QED) is 0.556. The van der Waals surface area contributed by atoms with Gasteiger partial charge in [-0.25, -0.2) is 0 Å². The highest BCUT2D eigenvalue weighted by Gasteiger charge is 2.23. The molecule has 8 heavy (non-hydrogen) atoms. The van der Waals surface area contributed by atoms with Gasteiger partial charge in [0.25, 0.3) is 0 Å². The molecule has 0 saturated carbocycles. The van der Waals surface area contributed by atoms with Gasteiger partial charge in [0, 0.05) is 0 Å². The van der Waals surface area contributed by atoms with E-state index in [0.29, 0.717) is 0 Å². The van der Waals surface area contributed by atoms with Crippen molar-refractivity contribution in [1.82, 2.24) is 0 Å². The lowest BCUT2D eigenvalue weighted by Gasteiger charge is -2.13. The molecule has 1 unspecified atom stereocenters. The summed E-state index contributed by atoms with van der Waals surface area (Å²) in [5.74, 6) is -0.236. The molecule has 3 heteroatoms. The molecular formula is C5H10INO. The zero-order valence-electron chi connectivity index (χ0n) is 5.07. The number of rotatable bonds is 2. The van der Waals surface area contributed by atoms with Crippen molar-refractivity contribution >= 4 is 28.5 Å². The van der Waals surface area contributed by atoms with Gasteiger partial charge in [0.05, 0.1) is 3.42 Å². The zero-order chi connectivity index (χ0) is 6.78. The van der Waals surface area contributed by atoms with Crippen molar-refractivity contribution in [3.63, 3.8) is 0 Å². The van der Waals surface area contributed by atoms with Crippen LogP contribution in [-0.4, -0.2) is 9.33 Å². The molecule has 0 bridgehead atoms. The Hall–Kier alpha value is 0.200. The molecule has 2 nitrogen and oxygen atoms in total. The summed E-state index contributed by atoms with van der Waals surface area (Å²) in [6.45, 7) is 3.77. The maximum atomic E-state index is 10.5. The van der Waals surface area contributed by atoms with Crippen LogP contribution in [0, 0.1) is 0 Å². The summed E-state index contributed by atoms with van der Waals surface area (Å²) in [7, 11) is 0. The molecule has 1 amide bonds. The second-order valence-corrected chi connectivity index (χ2v) is 4.30. The molecule has 0 fully saturated rings. The summed E-state index contributed by atoms with van der Waals surface area (Å²) in [4.78, 5) is 10.5. The highest BCUT2D eigenvalue weighted by Crippen LogP contribution is 2.20. The molecule has 0 aromatic heterocycles. The SMILES string of the molecule is CCC(C)(I)C(N)=O. The lowest BCUT2D eigenvalue weighted by Crippen LogP contribution is -2.33. The average molecular weight is 227 g/mol. The van der Waals surface area contributed by atoms with Gasteiger partial charge in [0.1, 0.15) is 0 Å². The first kappa shape index (κ1) is 8.20. The number of hydrogen-bond acceptors (Lipinski definition) is 1. The molecule has 0 saturated heterocycles. The van der Waals surface area contributed by atoms with E-state index in [9.17, 15) is 4.79 Å². The van der Waals surface area contributed by atoms with Gasteiger partial charge in [-0.1, -0.05) is 29.5 Å². The third kappa shape index (κ3) is 1.98. The molecule has 2 N–H and O–H groups in total. The van der Waals surface area contributed by atoms with E-state index in [-0.39, 0.29) is 9.33 Å². The maximum Gasteiger partial charge on any atom is 0.233 e. The van der Waals surface area contributed by atoms with Crippen LogP contribution in [0.25, 0.3) is 0 Å². The number of primary amides is 1. The molecule has 1 atom stereocenters. The van der Waals surface area contributed by atoms with Crippen LogP contribution in [-0.2, 0) is 4.79 Å². The van der Waals surface area contributed by atoms with Gasteiger partial charge in [-0.3, -0.25) is 4.79 Å². The summed E-state index contributed by atoms with van der Waals surface area (Å²) in [6.07, 6.45) is 0.795. The number of hydrogen-bond donors (Lipinski definition) is 1. The molecule has 0 aliphatic carbocycles. The first-order chi connectivity index (χ1) is 3.50. The zero-order valence-corrected chi connectivity index (χ0v) is 7.23. The van der Waals surface area contributed by atoms with Crippen LogP contribution in [0.15, 0.2) is 0 Å². The van der Waals surface area contributed by atoms with E-state index in [1.807, 2.05) is 13.8 Å². The van der Waals surface area contributed by atoms with Gasteiger partial charge >= 0.3 is 0 Å². The highest BCUT2D eigenvalue weighted by atomic mass is 127. The van der Waals surface area contributed by atoms with Gasteiger partial charge in [-0.2, -0.15) is 0 Å². The Labute approximate surface area is 63.0 Å². The molecule has 0 spiro atoms. The molecule has 0 rings (SSSR count). The standard InChI is InChI=1S/C5H10INO/c1-3-5(2,6)4(7)8/h3H2,1-2H3,(H2,7,8). The first-order valence-corrected chi connectivity index (χ1v) is 3.57. The van der Waals surface area contributed by atoms with Gasteiger partial charge < -0.3 is 5.73 Å². The Morgan fingerprint density at radius 1 is 1.88 bits per heavy atom. The molecule has 0 heterocycles. The second-order valence-electron chi connectivity index (χ2n) is 1.92. The predicted octanol–water partition coefficient (Wildman–Crippen LogP) is 1.08. The summed E-state index contributed by atoms with van der Waals surface area (Å²) < 4.78 is -0.349. The van der Waals surface area contributed by atoms with Crippen LogP contribution in [0.4, 0.5) is 0 Å². The van der Waals surface area contributed by atoms with Gasteiger partial charge in [-0.05, 0) is 13.3 Å². The van der Waals surface area contributed by atoms with Gasteiger partial charge in [-0.15, -0.1) is 0 Å². The number of nitrogens with two attached hydrogens (primary N) is 1. The van der Waals surface area contributed by atoms with Crippen LogP contribution in [0.2, 0.25) is 0 Å². The Morgan fingerprint density at radius 3 is 2.25 bits per heavy atom. The minimum Gasteiger partial charge on any atom is -0.369 e. The number of halogens is 1. The van der Waals surface area contributed by atoms with E-state index in [2.05, 4.69) is 22.6 Å². The van der Waals surface area contributed by atoms with E-state index < -0.39 is 0 Å². The fourth-order valence-electron chi connectivity index (χ4n) is 0.174. The summed E-state index contributed by atoms with van der Waals surface area (Å²) in [5, 5.41) is 0. The monoisotopic (exact) mass is 227 g/mol. The lowest BCUT2D eigenvalue weighted by molar-refractivity contribution is -0.119. The Balaban J connectivity index is 3.91.